The van der Waals surface area contributed by atoms with Crippen LogP contribution >= 0.6 is 0 Å². The van der Waals surface area contributed by atoms with Gasteiger partial charge in [0.15, 0.2) is 0 Å². The number of amides is 1. The van der Waals surface area contributed by atoms with E-state index in [1.165, 1.54) is 16.8 Å². The Hall–Kier alpha value is -2.31. The summed E-state index contributed by atoms with van der Waals surface area (Å²) >= 11 is 0. The summed E-state index contributed by atoms with van der Waals surface area (Å²) in [5, 5.41) is 3.13. The monoisotopic (exact) mass is 412 g/mol. The normalized spacial score (nSPS) is 16.1. The number of nitrogens with one attached hydrogen (secondary N) is 1. The molecular weight excluding hydrogens is 376 g/mol. The number of anilines is 1. The summed E-state index contributed by atoms with van der Waals surface area (Å²) in [4.78, 5) is 19.6. The average Bonchev–Trinajstić information content (AvgIpc) is 3.28. The summed E-state index contributed by atoms with van der Waals surface area (Å²) in [6, 6.07) is 10.5. The van der Waals surface area contributed by atoms with Crippen LogP contribution in [0.5, 0.6) is 0 Å². The van der Waals surface area contributed by atoms with Gasteiger partial charge in [0.05, 0.1) is 18.8 Å². The van der Waals surface area contributed by atoms with Crippen LogP contribution in [0.15, 0.2) is 41.0 Å². The zero-order valence-corrected chi connectivity index (χ0v) is 18.9. The van der Waals surface area contributed by atoms with Crippen LogP contribution in [0.25, 0.3) is 0 Å². The van der Waals surface area contributed by atoms with Gasteiger partial charge >= 0.3 is 0 Å². The minimum Gasteiger partial charge on any atom is -0.468 e. The number of piperazine rings is 1. The lowest BCUT2D eigenvalue weighted by Gasteiger charge is -2.36. The van der Waals surface area contributed by atoms with E-state index >= 15 is 0 Å². The second-order valence-corrected chi connectivity index (χ2v) is 8.04. The first kappa shape index (κ1) is 22.4. The Labute approximate surface area is 180 Å². The van der Waals surface area contributed by atoms with Crippen LogP contribution in [0.1, 0.15) is 36.8 Å². The summed E-state index contributed by atoms with van der Waals surface area (Å²) in [7, 11) is 0. The molecule has 0 aliphatic carbocycles. The van der Waals surface area contributed by atoms with Crippen molar-refractivity contribution in [3.05, 3.63) is 53.5 Å². The van der Waals surface area contributed by atoms with Crippen LogP contribution in [0.2, 0.25) is 0 Å². The summed E-state index contributed by atoms with van der Waals surface area (Å²) in [6.45, 7) is 15.2. The number of carbonyl (C=O) groups is 1. The highest BCUT2D eigenvalue weighted by molar-refractivity contribution is 5.78. The molecule has 2 heterocycles. The van der Waals surface area contributed by atoms with Crippen molar-refractivity contribution in [1.82, 2.24) is 15.1 Å². The van der Waals surface area contributed by atoms with Crippen LogP contribution in [-0.2, 0) is 4.79 Å². The number of furan rings is 1. The largest absolute Gasteiger partial charge is 0.468 e. The maximum Gasteiger partial charge on any atom is 0.234 e. The van der Waals surface area contributed by atoms with E-state index in [-0.39, 0.29) is 11.9 Å². The molecule has 0 bridgehead atoms. The number of hydrogen-bond acceptors (Lipinski definition) is 5. The summed E-state index contributed by atoms with van der Waals surface area (Å²) in [5.41, 5.74) is 4.00. The molecule has 0 saturated carbocycles. The molecule has 6 heteroatoms. The second kappa shape index (κ2) is 10.6. The van der Waals surface area contributed by atoms with Crippen molar-refractivity contribution in [3.63, 3.8) is 0 Å². The van der Waals surface area contributed by atoms with Crippen molar-refractivity contribution < 1.29 is 9.21 Å². The molecule has 30 heavy (non-hydrogen) atoms. The molecule has 1 unspecified atom stereocenters. The first-order valence-corrected chi connectivity index (χ1v) is 11.1. The number of nitrogens with zero attached hydrogens (tertiary/aromatic N) is 3. The van der Waals surface area contributed by atoms with Gasteiger partial charge in [0.2, 0.25) is 5.91 Å². The summed E-state index contributed by atoms with van der Waals surface area (Å²) < 4.78 is 5.63. The van der Waals surface area contributed by atoms with E-state index in [0.29, 0.717) is 13.1 Å². The molecule has 1 amide bonds. The smallest absolute Gasteiger partial charge is 0.234 e. The Morgan fingerprint density at radius 3 is 2.47 bits per heavy atom. The molecule has 1 fully saturated rings. The van der Waals surface area contributed by atoms with E-state index in [4.69, 9.17) is 4.42 Å². The Bertz CT molecular complexity index is 794. The average molecular weight is 413 g/mol. The molecule has 1 saturated heterocycles. The lowest BCUT2D eigenvalue weighted by Crippen LogP contribution is -2.50. The Balaban J connectivity index is 1.49. The Kier molecular flexibility index (Phi) is 7.94. The van der Waals surface area contributed by atoms with E-state index in [9.17, 15) is 4.79 Å². The lowest BCUT2D eigenvalue weighted by atomic mass is 10.1. The van der Waals surface area contributed by atoms with Gasteiger partial charge in [0.1, 0.15) is 5.76 Å². The highest BCUT2D eigenvalue weighted by atomic mass is 16.3. The predicted molar refractivity (Wildman–Crippen MR) is 122 cm³/mol. The molecule has 1 aromatic heterocycles. The van der Waals surface area contributed by atoms with Crippen LogP contribution in [0, 0.1) is 13.8 Å². The van der Waals surface area contributed by atoms with Crippen molar-refractivity contribution in [3.8, 4) is 0 Å². The quantitative estimate of drug-likeness (QED) is 0.685. The molecule has 3 rings (SSSR count). The van der Waals surface area contributed by atoms with Gasteiger partial charge in [-0.05, 0) is 56.3 Å². The van der Waals surface area contributed by atoms with Crippen molar-refractivity contribution in [2.75, 3.05) is 57.3 Å². The van der Waals surface area contributed by atoms with Crippen molar-refractivity contribution in [2.24, 2.45) is 0 Å². The Morgan fingerprint density at radius 1 is 1.10 bits per heavy atom. The van der Waals surface area contributed by atoms with E-state index in [0.717, 1.165) is 45.0 Å². The molecule has 1 atom stereocenters. The fraction of sp³-hybridized carbons (Fsp3) is 0.542. The fourth-order valence-corrected chi connectivity index (χ4v) is 4.25. The molecule has 0 radical (unpaired) electrons. The second-order valence-electron chi connectivity index (χ2n) is 8.04. The zero-order valence-electron chi connectivity index (χ0n) is 18.9. The summed E-state index contributed by atoms with van der Waals surface area (Å²) in [5.74, 6) is 0.986. The first-order valence-electron chi connectivity index (χ1n) is 11.1. The number of rotatable bonds is 9. The van der Waals surface area contributed by atoms with Gasteiger partial charge in [0.25, 0.3) is 0 Å². The molecule has 6 nitrogen and oxygen atoms in total. The molecule has 1 aromatic carbocycles. The molecule has 164 valence electrons. The SMILES string of the molecule is CCN(CC)C(CNC(=O)CN1CCN(c2cccc(C)c2C)CC1)c1ccco1. The van der Waals surface area contributed by atoms with Gasteiger partial charge in [-0.2, -0.15) is 0 Å². The van der Waals surface area contributed by atoms with E-state index < -0.39 is 0 Å². The number of carbonyl (C=O) groups excluding carboxylic acids is 1. The highest BCUT2D eigenvalue weighted by Crippen LogP contribution is 2.24. The zero-order chi connectivity index (χ0) is 21.5. The first-order chi connectivity index (χ1) is 14.5. The molecule has 1 N–H and O–H groups in total. The van der Waals surface area contributed by atoms with Crippen LogP contribution < -0.4 is 10.2 Å². The third-order valence-corrected chi connectivity index (χ3v) is 6.27. The molecular formula is C24H36N4O2. The number of likely N-dealkylation sites (N-methyl/N-ethyl adjacent to an activating group) is 1. The minimum atomic E-state index is 0.0695. The van der Waals surface area contributed by atoms with Crippen LogP contribution in [-0.4, -0.2) is 68.1 Å². The molecule has 1 aliphatic rings. The number of hydrogen-bond donors (Lipinski definition) is 1. The maximum absolute atomic E-state index is 12.6. The molecule has 0 spiro atoms. The number of aryl methyl sites for hydroxylation is 1. The van der Waals surface area contributed by atoms with E-state index in [2.05, 4.69) is 65.9 Å². The van der Waals surface area contributed by atoms with Gasteiger partial charge in [-0.3, -0.25) is 14.6 Å². The predicted octanol–water partition coefficient (Wildman–Crippen LogP) is 3.22. The van der Waals surface area contributed by atoms with Crippen LogP contribution in [0.3, 0.4) is 0 Å². The van der Waals surface area contributed by atoms with Gasteiger partial charge in [-0.25, -0.2) is 0 Å². The standard InChI is InChI=1S/C24H36N4O2/c1-5-27(6-2)22(23-11-8-16-30-23)17-25-24(29)18-26-12-14-28(15-13-26)21-10-7-9-19(3)20(21)4/h7-11,16,22H,5-6,12-15,17-18H2,1-4H3,(H,25,29). The van der Waals surface area contributed by atoms with Crippen molar-refractivity contribution in [2.45, 2.75) is 33.7 Å². The van der Waals surface area contributed by atoms with Gasteiger partial charge in [-0.1, -0.05) is 26.0 Å². The van der Waals surface area contributed by atoms with Gasteiger partial charge < -0.3 is 14.6 Å². The lowest BCUT2D eigenvalue weighted by molar-refractivity contribution is -0.122. The van der Waals surface area contributed by atoms with Crippen LogP contribution in [0.4, 0.5) is 5.69 Å². The van der Waals surface area contributed by atoms with Crippen molar-refractivity contribution in [1.29, 1.82) is 0 Å². The molecule has 2 aromatic rings. The topological polar surface area (TPSA) is 52.0 Å². The Morgan fingerprint density at radius 2 is 1.83 bits per heavy atom. The maximum atomic E-state index is 12.6. The van der Waals surface area contributed by atoms with E-state index in [1.54, 1.807) is 6.26 Å². The summed E-state index contributed by atoms with van der Waals surface area (Å²) in [6.07, 6.45) is 1.70. The molecule has 1 aliphatic heterocycles. The number of benzene rings is 1. The fourth-order valence-electron chi connectivity index (χ4n) is 4.25. The third kappa shape index (κ3) is 5.43. The van der Waals surface area contributed by atoms with Gasteiger partial charge in [0, 0.05) is 38.4 Å². The third-order valence-electron chi connectivity index (χ3n) is 6.27. The highest BCUT2D eigenvalue weighted by Gasteiger charge is 2.23. The van der Waals surface area contributed by atoms with Gasteiger partial charge in [-0.15, -0.1) is 0 Å². The van der Waals surface area contributed by atoms with E-state index in [1.807, 2.05) is 12.1 Å². The van der Waals surface area contributed by atoms with Crippen molar-refractivity contribution >= 4 is 11.6 Å². The minimum absolute atomic E-state index is 0.0695.